The molecule has 1 N–H and O–H groups in total. The van der Waals surface area contributed by atoms with E-state index in [-0.39, 0.29) is 6.04 Å². The third kappa shape index (κ3) is 3.71. The van der Waals surface area contributed by atoms with E-state index >= 15 is 0 Å². The predicted molar refractivity (Wildman–Crippen MR) is 86.5 cm³/mol. The molecule has 112 valence electrons. The SMILES string of the molecule is CC(C)(C)S(=O)(=O)NC(c1ccccc1)c1ccccc1. The molecule has 0 aromatic heterocycles. The third-order valence-corrected chi connectivity index (χ3v) is 5.50. The molecule has 0 amide bonds. The maximum atomic E-state index is 12.5. The van der Waals surface area contributed by atoms with Crippen LogP contribution in [0.5, 0.6) is 0 Å². The van der Waals surface area contributed by atoms with Crippen molar-refractivity contribution >= 4 is 10.0 Å². The Bertz CT molecular complexity index is 634. The Morgan fingerprint density at radius 3 is 1.52 bits per heavy atom. The van der Waals surface area contributed by atoms with E-state index in [9.17, 15) is 8.42 Å². The topological polar surface area (TPSA) is 46.2 Å². The van der Waals surface area contributed by atoms with Crippen LogP contribution in [0, 0.1) is 0 Å². The van der Waals surface area contributed by atoms with Crippen LogP contribution < -0.4 is 4.72 Å². The van der Waals surface area contributed by atoms with Crippen LogP contribution in [0.25, 0.3) is 0 Å². The summed E-state index contributed by atoms with van der Waals surface area (Å²) in [7, 11) is -3.44. The summed E-state index contributed by atoms with van der Waals surface area (Å²) < 4.78 is 27.0. The van der Waals surface area contributed by atoms with Gasteiger partial charge < -0.3 is 0 Å². The smallest absolute Gasteiger partial charge is 0.212 e. The second-order valence-electron chi connectivity index (χ2n) is 5.99. The summed E-state index contributed by atoms with van der Waals surface area (Å²) in [6.07, 6.45) is 0. The molecule has 0 heterocycles. The van der Waals surface area contributed by atoms with Gasteiger partial charge in [0.05, 0.1) is 10.8 Å². The highest BCUT2D eigenvalue weighted by atomic mass is 32.2. The van der Waals surface area contributed by atoms with Crippen LogP contribution in [0.15, 0.2) is 60.7 Å². The van der Waals surface area contributed by atoms with Crippen molar-refractivity contribution < 1.29 is 8.42 Å². The normalized spacial score (nSPS) is 12.6. The maximum Gasteiger partial charge on any atom is 0.217 e. The van der Waals surface area contributed by atoms with E-state index in [1.165, 1.54) is 0 Å². The number of sulfonamides is 1. The zero-order chi connectivity index (χ0) is 15.5. The van der Waals surface area contributed by atoms with Crippen molar-refractivity contribution in [2.24, 2.45) is 0 Å². The van der Waals surface area contributed by atoms with E-state index in [4.69, 9.17) is 0 Å². The highest BCUT2D eigenvalue weighted by Gasteiger charge is 2.32. The first-order chi connectivity index (χ1) is 9.81. The third-order valence-electron chi connectivity index (χ3n) is 3.34. The molecule has 2 aromatic rings. The minimum atomic E-state index is -3.44. The van der Waals surface area contributed by atoms with Gasteiger partial charge in [-0.25, -0.2) is 13.1 Å². The van der Waals surface area contributed by atoms with Crippen LogP contribution in [0.2, 0.25) is 0 Å². The van der Waals surface area contributed by atoms with Crippen LogP contribution in [-0.4, -0.2) is 13.2 Å². The summed E-state index contributed by atoms with van der Waals surface area (Å²) in [6.45, 7) is 5.09. The molecule has 0 aliphatic heterocycles. The number of rotatable bonds is 4. The van der Waals surface area contributed by atoms with Gasteiger partial charge in [-0.15, -0.1) is 0 Å². The Morgan fingerprint density at radius 2 is 1.19 bits per heavy atom. The van der Waals surface area contributed by atoms with Crippen molar-refractivity contribution in [1.82, 2.24) is 4.72 Å². The molecule has 2 aromatic carbocycles. The molecule has 0 radical (unpaired) electrons. The Kier molecular flexibility index (Phi) is 4.49. The fraction of sp³-hybridized carbons (Fsp3) is 0.294. The molecular weight excluding hydrogens is 282 g/mol. The summed E-state index contributed by atoms with van der Waals surface area (Å²) in [5, 5.41) is 0. The highest BCUT2D eigenvalue weighted by Crippen LogP contribution is 2.25. The average molecular weight is 303 g/mol. The Morgan fingerprint density at radius 1 is 0.810 bits per heavy atom. The molecule has 0 fully saturated rings. The first-order valence-corrected chi connectivity index (χ1v) is 8.41. The second-order valence-corrected chi connectivity index (χ2v) is 8.46. The Balaban J connectivity index is 2.44. The number of hydrogen-bond acceptors (Lipinski definition) is 2. The van der Waals surface area contributed by atoms with Crippen molar-refractivity contribution in [2.75, 3.05) is 0 Å². The lowest BCUT2D eigenvalue weighted by Crippen LogP contribution is -2.41. The average Bonchev–Trinajstić information content (AvgIpc) is 2.45. The quantitative estimate of drug-likeness (QED) is 0.939. The first-order valence-electron chi connectivity index (χ1n) is 6.93. The Hall–Kier alpha value is -1.65. The van der Waals surface area contributed by atoms with E-state index in [1.54, 1.807) is 20.8 Å². The van der Waals surface area contributed by atoms with Crippen molar-refractivity contribution in [3.63, 3.8) is 0 Å². The molecule has 0 spiro atoms. The van der Waals surface area contributed by atoms with Gasteiger partial charge in [-0.3, -0.25) is 0 Å². The molecule has 4 heteroatoms. The molecular formula is C17H21NO2S. The second kappa shape index (κ2) is 6.00. The van der Waals surface area contributed by atoms with Gasteiger partial charge >= 0.3 is 0 Å². The summed E-state index contributed by atoms with van der Waals surface area (Å²) in [6, 6.07) is 18.8. The molecule has 0 saturated carbocycles. The number of nitrogens with one attached hydrogen (secondary N) is 1. The van der Waals surface area contributed by atoms with Crippen LogP contribution >= 0.6 is 0 Å². The molecule has 0 unspecified atom stereocenters. The lowest BCUT2D eigenvalue weighted by molar-refractivity contribution is 0.536. The number of hydrogen-bond donors (Lipinski definition) is 1. The van der Waals surface area contributed by atoms with Crippen molar-refractivity contribution in [3.05, 3.63) is 71.8 Å². The number of benzene rings is 2. The van der Waals surface area contributed by atoms with Crippen molar-refractivity contribution in [1.29, 1.82) is 0 Å². The van der Waals surface area contributed by atoms with Gasteiger partial charge in [0.1, 0.15) is 0 Å². The van der Waals surface area contributed by atoms with Crippen LogP contribution in [0.1, 0.15) is 37.9 Å². The summed E-state index contributed by atoms with van der Waals surface area (Å²) in [5.41, 5.74) is 1.85. The monoisotopic (exact) mass is 303 g/mol. The zero-order valence-electron chi connectivity index (χ0n) is 12.6. The molecule has 0 aliphatic rings. The van der Waals surface area contributed by atoms with Crippen molar-refractivity contribution in [2.45, 2.75) is 31.6 Å². The van der Waals surface area contributed by atoms with Gasteiger partial charge in [0.2, 0.25) is 10.0 Å². The molecule has 2 rings (SSSR count). The van der Waals surface area contributed by atoms with Crippen LogP contribution in [-0.2, 0) is 10.0 Å². The summed E-state index contributed by atoms with van der Waals surface area (Å²) in [5.74, 6) is 0. The maximum absolute atomic E-state index is 12.5. The lowest BCUT2D eigenvalue weighted by atomic mass is 10.00. The predicted octanol–water partition coefficient (Wildman–Crippen LogP) is 3.49. The zero-order valence-corrected chi connectivity index (χ0v) is 13.4. The van der Waals surface area contributed by atoms with E-state index in [0.717, 1.165) is 11.1 Å². The van der Waals surface area contributed by atoms with Gasteiger partial charge in [-0.2, -0.15) is 0 Å². The largest absolute Gasteiger partial charge is 0.217 e. The highest BCUT2D eigenvalue weighted by molar-refractivity contribution is 7.90. The fourth-order valence-corrected chi connectivity index (χ4v) is 2.89. The fourth-order valence-electron chi connectivity index (χ4n) is 1.95. The molecule has 0 aliphatic carbocycles. The first kappa shape index (κ1) is 15.7. The van der Waals surface area contributed by atoms with Gasteiger partial charge in [0.15, 0.2) is 0 Å². The van der Waals surface area contributed by atoms with Crippen molar-refractivity contribution in [3.8, 4) is 0 Å². The summed E-state index contributed by atoms with van der Waals surface area (Å²) in [4.78, 5) is 0. The van der Waals surface area contributed by atoms with Crippen LogP contribution in [0.4, 0.5) is 0 Å². The molecule has 0 atom stereocenters. The molecule has 0 bridgehead atoms. The van der Waals surface area contributed by atoms with Crippen LogP contribution in [0.3, 0.4) is 0 Å². The standard InChI is InChI=1S/C17H21NO2S/c1-17(2,3)21(19,20)18-16(14-10-6-4-7-11-14)15-12-8-5-9-13-15/h4-13,16,18H,1-3H3. The minimum absolute atomic E-state index is 0.378. The van der Waals surface area contributed by atoms with Gasteiger partial charge in [0, 0.05) is 0 Å². The van der Waals surface area contributed by atoms with Gasteiger partial charge in [0.25, 0.3) is 0 Å². The van der Waals surface area contributed by atoms with E-state index in [2.05, 4.69) is 4.72 Å². The van der Waals surface area contributed by atoms with Gasteiger partial charge in [-0.05, 0) is 31.9 Å². The van der Waals surface area contributed by atoms with E-state index in [0.29, 0.717) is 0 Å². The Labute approximate surface area is 127 Å². The lowest BCUT2D eigenvalue weighted by Gasteiger charge is -2.26. The molecule has 3 nitrogen and oxygen atoms in total. The molecule has 0 saturated heterocycles. The summed E-state index contributed by atoms with van der Waals surface area (Å²) >= 11 is 0. The molecule has 21 heavy (non-hydrogen) atoms. The van der Waals surface area contributed by atoms with E-state index in [1.807, 2.05) is 60.7 Å². The minimum Gasteiger partial charge on any atom is -0.212 e. The van der Waals surface area contributed by atoms with Gasteiger partial charge in [-0.1, -0.05) is 60.7 Å². The van der Waals surface area contributed by atoms with E-state index < -0.39 is 14.8 Å².